The van der Waals surface area contributed by atoms with E-state index in [-0.39, 0.29) is 0 Å². The molecule has 1 aromatic heterocycles. The van der Waals surface area contributed by atoms with Gasteiger partial charge in [-0.25, -0.2) is 10.8 Å². The number of nitrogens with two attached hydrogens (primary N) is 1. The van der Waals surface area contributed by atoms with Gasteiger partial charge in [0.1, 0.15) is 5.82 Å². The molecule has 0 bridgehead atoms. The van der Waals surface area contributed by atoms with Gasteiger partial charge in [-0.2, -0.15) is 4.98 Å². The van der Waals surface area contributed by atoms with Crippen LogP contribution in [0.3, 0.4) is 0 Å². The molecule has 1 atom stereocenters. The van der Waals surface area contributed by atoms with Crippen molar-refractivity contribution in [3.63, 3.8) is 0 Å². The van der Waals surface area contributed by atoms with Crippen LogP contribution >= 0.6 is 0 Å². The molecule has 0 spiro atoms. The van der Waals surface area contributed by atoms with Crippen LogP contribution in [0.25, 0.3) is 10.9 Å². The number of hydrogen-bond donors (Lipinski definition) is 3. The van der Waals surface area contributed by atoms with Crippen LogP contribution in [0.4, 0.5) is 11.8 Å². The molecule has 6 nitrogen and oxygen atoms in total. The number of likely N-dealkylation sites (tertiary alicyclic amines) is 1. The van der Waals surface area contributed by atoms with Gasteiger partial charge in [0, 0.05) is 18.5 Å². The fraction of sp³-hybridized carbons (Fsp3) is 0.429. The summed E-state index contributed by atoms with van der Waals surface area (Å²) < 4.78 is 0. The number of hydrogen-bond acceptors (Lipinski definition) is 6. The highest BCUT2D eigenvalue weighted by molar-refractivity contribution is 5.89. The standard InChI is InChI=1S/C14H20N6/c1-20-7-6-10(9-20)8-16-13-11-4-2-3-5-12(11)17-14(18-13)19-15/h2-5,10H,6-9,15H2,1H3,(H2,16,17,18,19). The quantitative estimate of drug-likeness (QED) is 0.575. The fourth-order valence-corrected chi connectivity index (χ4v) is 2.71. The Morgan fingerprint density at radius 3 is 2.95 bits per heavy atom. The van der Waals surface area contributed by atoms with E-state index in [0.717, 1.165) is 29.8 Å². The van der Waals surface area contributed by atoms with Crippen LogP contribution in [0.1, 0.15) is 6.42 Å². The predicted molar refractivity (Wildman–Crippen MR) is 81.4 cm³/mol. The van der Waals surface area contributed by atoms with Crippen LogP contribution < -0.4 is 16.6 Å². The van der Waals surface area contributed by atoms with E-state index in [0.29, 0.717) is 11.9 Å². The molecule has 0 saturated carbocycles. The van der Waals surface area contributed by atoms with Crippen molar-refractivity contribution in [2.24, 2.45) is 11.8 Å². The van der Waals surface area contributed by atoms with E-state index in [9.17, 15) is 0 Å². The van der Waals surface area contributed by atoms with E-state index in [1.807, 2.05) is 24.3 Å². The van der Waals surface area contributed by atoms with Gasteiger partial charge in [0.15, 0.2) is 0 Å². The molecule has 1 aromatic carbocycles. The van der Waals surface area contributed by atoms with Crippen LogP contribution in [0.5, 0.6) is 0 Å². The first-order valence-electron chi connectivity index (χ1n) is 6.92. The normalized spacial score (nSPS) is 19.4. The molecule has 106 valence electrons. The average Bonchev–Trinajstić information content (AvgIpc) is 2.90. The molecule has 20 heavy (non-hydrogen) atoms. The fourth-order valence-electron chi connectivity index (χ4n) is 2.71. The minimum Gasteiger partial charge on any atom is -0.369 e. The molecular formula is C14H20N6. The summed E-state index contributed by atoms with van der Waals surface area (Å²) in [5.41, 5.74) is 3.41. The van der Waals surface area contributed by atoms with Crippen molar-refractivity contribution < 1.29 is 0 Å². The number of hydrazine groups is 1. The average molecular weight is 272 g/mol. The van der Waals surface area contributed by atoms with Gasteiger partial charge in [-0.15, -0.1) is 0 Å². The lowest BCUT2D eigenvalue weighted by molar-refractivity contribution is 0.399. The van der Waals surface area contributed by atoms with Crippen molar-refractivity contribution in [1.29, 1.82) is 0 Å². The Balaban J connectivity index is 1.82. The first-order chi connectivity index (χ1) is 9.76. The van der Waals surface area contributed by atoms with Crippen LogP contribution in [0.15, 0.2) is 24.3 Å². The molecule has 1 unspecified atom stereocenters. The number of rotatable bonds is 4. The van der Waals surface area contributed by atoms with Crippen molar-refractivity contribution in [2.75, 3.05) is 37.4 Å². The predicted octanol–water partition coefficient (Wildman–Crippen LogP) is 1.28. The number of aromatic nitrogens is 2. The Labute approximate surface area is 118 Å². The molecule has 3 rings (SSSR count). The number of nitrogens with zero attached hydrogens (tertiary/aromatic N) is 3. The second kappa shape index (κ2) is 5.60. The lowest BCUT2D eigenvalue weighted by Crippen LogP contribution is -2.20. The van der Waals surface area contributed by atoms with E-state index in [1.165, 1.54) is 13.0 Å². The number of nitrogens with one attached hydrogen (secondary N) is 2. The first kappa shape index (κ1) is 13.1. The van der Waals surface area contributed by atoms with Gasteiger partial charge in [-0.05, 0) is 38.1 Å². The first-order valence-corrected chi connectivity index (χ1v) is 6.92. The molecule has 2 aromatic rings. The molecule has 0 amide bonds. The van der Waals surface area contributed by atoms with Crippen molar-refractivity contribution in [2.45, 2.75) is 6.42 Å². The third-order valence-corrected chi connectivity index (χ3v) is 3.78. The largest absolute Gasteiger partial charge is 0.369 e. The van der Waals surface area contributed by atoms with Gasteiger partial charge in [-0.1, -0.05) is 12.1 Å². The Morgan fingerprint density at radius 1 is 1.35 bits per heavy atom. The summed E-state index contributed by atoms with van der Waals surface area (Å²) in [6.45, 7) is 3.24. The van der Waals surface area contributed by atoms with E-state index < -0.39 is 0 Å². The van der Waals surface area contributed by atoms with Gasteiger partial charge in [0.05, 0.1) is 5.52 Å². The van der Waals surface area contributed by atoms with Crippen LogP contribution in [-0.2, 0) is 0 Å². The monoisotopic (exact) mass is 272 g/mol. The number of benzene rings is 1. The zero-order chi connectivity index (χ0) is 13.9. The smallest absolute Gasteiger partial charge is 0.239 e. The van der Waals surface area contributed by atoms with E-state index in [1.54, 1.807) is 0 Å². The third-order valence-electron chi connectivity index (χ3n) is 3.78. The Bertz CT molecular complexity index is 599. The Hall–Kier alpha value is -1.92. The second-order valence-corrected chi connectivity index (χ2v) is 5.36. The van der Waals surface area contributed by atoms with Gasteiger partial charge in [0.2, 0.25) is 5.95 Å². The lowest BCUT2D eigenvalue weighted by Gasteiger charge is -2.14. The Morgan fingerprint density at radius 2 is 2.20 bits per heavy atom. The minimum absolute atomic E-state index is 0.440. The number of nitrogen functional groups attached to an aromatic ring is 1. The highest BCUT2D eigenvalue weighted by Gasteiger charge is 2.19. The zero-order valence-electron chi connectivity index (χ0n) is 11.6. The highest BCUT2D eigenvalue weighted by atomic mass is 15.3. The SMILES string of the molecule is CN1CCC(CNc2nc(NN)nc3ccccc23)C1. The maximum absolute atomic E-state index is 5.44. The molecule has 1 saturated heterocycles. The second-order valence-electron chi connectivity index (χ2n) is 5.36. The molecule has 4 N–H and O–H groups in total. The molecule has 1 aliphatic heterocycles. The molecule has 0 radical (unpaired) electrons. The van der Waals surface area contributed by atoms with Gasteiger partial charge in [0.25, 0.3) is 0 Å². The van der Waals surface area contributed by atoms with Crippen molar-refractivity contribution in [1.82, 2.24) is 14.9 Å². The number of fused-ring (bicyclic) bond motifs is 1. The Kier molecular flexibility index (Phi) is 3.66. The van der Waals surface area contributed by atoms with Gasteiger partial charge < -0.3 is 10.2 Å². The topological polar surface area (TPSA) is 79.1 Å². The summed E-state index contributed by atoms with van der Waals surface area (Å²) in [5, 5.41) is 4.48. The highest BCUT2D eigenvalue weighted by Crippen LogP contribution is 2.22. The molecule has 1 aliphatic rings. The minimum atomic E-state index is 0.440. The summed E-state index contributed by atoms with van der Waals surface area (Å²) in [5.74, 6) is 7.39. The van der Waals surface area contributed by atoms with Crippen molar-refractivity contribution in [3.8, 4) is 0 Å². The maximum atomic E-state index is 5.44. The number of anilines is 2. The van der Waals surface area contributed by atoms with E-state index >= 15 is 0 Å². The molecule has 6 heteroatoms. The van der Waals surface area contributed by atoms with Crippen molar-refractivity contribution in [3.05, 3.63) is 24.3 Å². The van der Waals surface area contributed by atoms with Crippen molar-refractivity contribution >= 4 is 22.7 Å². The lowest BCUT2D eigenvalue weighted by atomic mass is 10.1. The molecular weight excluding hydrogens is 252 g/mol. The third kappa shape index (κ3) is 2.66. The maximum Gasteiger partial charge on any atom is 0.239 e. The molecule has 0 aliphatic carbocycles. The van der Waals surface area contributed by atoms with Gasteiger partial charge in [-0.3, -0.25) is 5.43 Å². The zero-order valence-corrected chi connectivity index (χ0v) is 11.6. The van der Waals surface area contributed by atoms with Crippen LogP contribution in [-0.4, -0.2) is 41.5 Å². The summed E-state index contributed by atoms with van der Waals surface area (Å²) in [4.78, 5) is 11.1. The summed E-state index contributed by atoms with van der Waals surface area (Å²) in [6.07, 6.45) is 1.23. The van der Waals surface area contributed by atoms with Gasteiger partial charge >= 0.3 is 0 Å². The van der Waals surface area contributed by atoms with E-state index in [2.05, 4.69) is 32.7 Å². The summed E-state index contributed by atoms with van der Waals surface area (Å²) in [6, 6.07) is 7.95. The summed E-state index contributed by atoms with van der Waals surface area (Å²) >= 11 is 0. The van der Waals surface area contributed by atoms with Crippen LogP contribution in [0, 0.1) is 5.92 Å². The molecule has 1 fully saturated rings. The number of para-hydroxylation sites is 1. The summed E-state index contributed by atoms with van der Waals surface area (Å²) in [7, 11) is 2.16. The van der Waals surface area contributed by atoms with Crippen LogP contribution in [0.2, 0.25) is 0 Å². The van der Waals surface area contributed by atoms with E-state index in [4.69, 9.17) is 5.84 Å². The molecule has 2 heterocycles.